The normalized spacial score (nSPS) is 16.9. The topological polar surface area (TPSA) is 62.7 Å². The van der Waals surface area contributed by atoms with Gasteiger partial charge in [0.1, 0.15) is 16.7 Å². The fourth-order valence-electron chi connectivity index (χ4n) is 3.47. The van der Waals surface area contributed by atoms with Crippen LogP contribution in [-0.2, 0) is 6.42 Å². The first-order valence-corrected chi connectivity index (χ1v) is 9.20. The van der Waals surface area contributed by atoms with E-state index in [1.165, 1.54) is 10.5 Å². The van der Waals surface area contributed by atoms with Gasteiger partial charge in [0.2, 0.25) is 0 Å². The molecule has 2 heterocycles. The lowest BCUT2D eigenvalue weighted by Gasteiger charge is -2.24. The number of aromatic nitrogens is 1. The molecule has 1 amide bonds. The molecule has 1 aromatic carbocycles. The third kappa shape index (κ3) is 4.47. The average molecular weight is 375 g/mol. The van der Waals surface area contributed by atoms with Crippen LogP contribution in [0, 0.1) is 5.92 Å². The van der Waals surface area contributed by atoms with Crippen LogP contribution in [0.2, 0.25) is 5.15 Å². The standard InChI is InChI=1S/C20H23ClN2O3/c1-13(2)9-15-12-23(20(24)25)8-7-14-10-16(3-5-18(14)15)26-17-4-6-19(21)22-11-17/h3-6,10-11,13,15H,7-9,12H2,1-2H3,(H,24,25). The highest BCUT2D eigenvalue weighted by Gasteiger charge is 2.26. The fourth-order valence-corrected chi connectivity index (χ4v) is 3.59. The number of hydrogen-bond donors (Lipinski definition) is 1. The van der Waals surface area contributed by atoms with Gasteiger partial charge >= 0.3 is 6.09 Å². The largest absolute Gasteiger partial charge is 0.465 e. The Morgan fingerprint density at radius 3 is 2.77 bits per heavy atom. The molecule has 5 nitrogen and oxygen atoms in total. The van der Waals surface area contributed by atoms with E-state index < -0.39 is 6.09 Å². The number of fused-ring (bicyclic) bond motifs is 1. The van der Waals surface area contributed by atoms with Crippen LogP contribution < -0.4 is 4.74 Å². The molecule has 26 heavy (non-hydrogen) atoms. The number of ether oxygens (including phenoxy) is 1. The first-order valence-electron chi connectivity index (χ1n) is 8.82. The van der Waals surface area contributed by atoms with Gasteiger partial charge in [0.05, 0.1) is 6.20 Å². The zero-order valence-corrected chi connectivity index (χ0v) is 15.7. The zero-order chi connectivity index (χ0) is 18.7. The van der Waals surface area contributed by atoms with Crippen molar-refractivity contribution in [3.8, 4) is 11.5 Å². The van der Waals surface area contributed by atoms with E-state index in [0.29, 0.717) is 36.3 Å². The minimum absolute atomic E-state index is 0.204. The van der Waals surface area contributed by atoms with Gasteiger partial charge in [-0.25, -0.2) is 9.78 Å². The van der Waals surface area contributed by atoms with Crippen LogP contribution in [0.15, 0.2) is 36.5 Å². The lowest BCUT2D eigenvalue weighted by atomic mass is 9.87. The van der Waals surface area contributed by atoms with E-state index >= 15 is 0 Å². The van der Waals surface area contributed by atoms with Crippen molar-refractivity contribution < 1.29 is 14.6 Å². The van der Waals surface area contributed by atoms with Crippen LogP contribution in [0.5, 0.6) is 11.5 Å². The Bertz CT molecular complexity index is 777. The summed E-state index contributed by atoms with van der Waals surface area (Å²) < 4.78 is 5.88. The molecular formula is C20H23ClN2O3. The number of pyridine rings is 1. The summed E-state index contributed by atoms with van der Waals surface area (Å²) in [6.45, 7) is 5.38. The molecule has 0 radical (unpaired) electrons. The van der Waals surface area contributed by atoms with E-state index in [1.54, 1.807) is 18.3 Å². The molecule has 1 unspecified atom stereocenters. The lowest BCUT2D eigenvalue weighted by Crippen LogP contribution is -2.33. The number of rotatable bonds is 4. The van der Waals surface area contributed by atoms with Crippen molar-refractivity contribution in [2.45, 2.75) is 32.6 Å². The molecule has 0 saturated carbocycles. The Kier molecular flexibility index (Phi) is 5.67. The maximum atomic E-state index is 11.5. The predicted molar refractivity (Wildman–Crippen MR) is 101 cm³/mol. The van der Waals surface area contributed by atoms with E-state index in [1.807, 2.05) is 12.1 Å². The number of carbonyl (C=O) groups is 1. The summed E-state index contributed by atoms with van der Waals surface area (Å²) in [5.74, 6) is 2.04. The molecule has 6 heteroatoms. The first kappa shape index (κ1) is 18.5. The number of halogens is 1. The molecule has 0 aliphatic carbocycles. The molecule has 1 atom stereocenters. The smallest absolute Gasteiger partial charge is 0.407 e. The fraction of sp³-hybridized carbons (Fsp3) is 0.400. The van der Waals surface area contributed by atoms with Crippen molar-refractivity contribution in [1.82, 2.24) is 9.88 Å². The van der Waals surface area contributed by atoms with Crippen molar-refractivity contribution in [3.05, 3.63) is 52.8 Å². The SMILES string of the molecule is CC(C)CC1CN(C(=O)O)CCc2cc(Oc3ccc(Cl)nc3)ccc21. The van der Waals surface area contributed by atoms with E-state index in [9.17, 15) is 9.90 Å². The highest BCUT2D eigenvalue weighted by molar-refractivity contribution is 6.29. The molecule has 0 bridgehead atoms. The summed E-state index contributed by atoms with van der Waals surface area (Å²) in [5.41, 5.74) is 2.38. The summed E-state index contributed by atoms with van der Waals surface area (Å²) in [6, 6.07) is 9.49. The summed E-state index contributed by atoms with van der Waals surface area (Å²) in [4.78, 5) is 17.1. The quantitative estimate of drug-likeness (QED) is 0.747. The van der Waals surface area contributed by atoms with E-state index in [0.717, 1.165) is 17.7 Å². The second-order valence-corrected chi connectivity index (χ2v) is 7.47. The van der Waals surface area contributed by atoms with Gasteiger partial charge < -0.3 is 14.7 Å². The van der Waals surface area contributed by atoms with Crippen molar-refractivity contribution in [1.29, 1.82) is 0 Å². The predicted octanol–water partition coefficient (Wildman–Crippen LogP) is 5.19. The van der Waals surface area contributed by atoms with Gasteiger partial charge in [-0.1, -0.05) is 31.5 Å². The van der Waals surface area contributed by atoms with Crippen LogP contribution in [0.4, 0.5) is 4.79 Å². The van der Waals surface area contributed by atoms with Crippen LogP contribution in [0.25, 0.3) is 0 Å². The van der Waals surface area contributed by atoms with Gasteiger partial charge in [-0.2, -0.15) is 0 Å². The molecule has 1 aromatic heterocycles. The molecule has 138 valence electrons. The van der Waals surface area contributed by atoms with Crippen LogP contribution in [-0.4, -0.2) is 34.2 Å². The molecule has 1 N–H and O–H groups in total. The Balaban J connectivity index is 1.87. The maximum absolute atomic E-state index is 11.5. The number of nitrogens with zero attached hydrogens (tertiary/aromatic N) is 2. The Morgan fingerprint density at radius 1 is 1.35 bits per heavy atom. The van der Waals surface area contributed by atoms with Gasteiger partial charge in [0.15, 0.2) is 0 Å². The highest BCUT2D eigenvalue weighted by atomic mass is 35.5. The zero-order valence-electron chi connectivity index (χ0n) is 15.0. The van der Waals surface area contributed by atoms with Crippen LogP contribution >= 0.6 is 11.6 Å². The van der Waals surface area contributed by atoms with E-state index in [-0.39, 0.29) is 5.92 Å². The summed E-state index contributed by atoms with van der Waals surface area (Å²) in [6.07, 6.45) is 2.38. The molecule has 3 rings (SSSR count). The third-order valence-electron chi connectivity index (χ3n) is 4.61. The minimum Gasteiger partial charge on any atom is -0.465 e. The van der Waals surface area contributed by atoms with Crippen molar-refractivity contribution >= 4 is 17.7 Å². The van der Waals surface area contributed by atoms with Gasteiger partial charge in [-0.05, 0) is 54.2 Å². The number of hydrogen-bond acceptors (Lipinski definition) is 3. The highest BCUT2D eigenvalue weighted by Crippen LogP contribution is 2.34. The second-order valence-electron chi connectivity index (χ2n) is 7.08. The minimum atomic E-state index is -0.852. The van der Waals surface area contributed by atoms with Gasteiger partial charge in [-0.3, -0.25) is 0 Å². The van der Waals surface area contributed by atoms with Gasteiger partial charge in [-0.15, -0.1) is 0 Å². The van der Waals surface area contributed by atoms with Crippen LogP contribution in [0.3, 0.4) is 0 Å². The molecule has 1 aliphatic rings. The van der Waals surface area contributed by atoms with Crippen LogP contribution in [0.1, 0.15) is 37.3 Å². The second kappa shape index (κ2) is 7.96. The lowest BCUT2D eigenvalue weighted by molar-refractivity contribution is 0.142. The molecule has 0 spiro atoms. The van der Waals surface area contributed by atoms with Crippen molar-refractivity contribution in [3.63, 3.8) is 0 Å². The summed E-state index contributed by atoms with van der Waals surface area (Å²) in [7, 11) is 0. The van der Waals surface area contributed by atoms with Crippen molar-refractivity contribution in [2.24, 2.45) is 5.92 Å². The van der Waals surface area contributed by atoms with E-state index in [2.05, 4.69) is 24.9 Å². The first-order chi connectivity index (χ1) is 12.4. The monoisotopic (exact) mass is 374 g/mol. The van der Waals surface area contributed by atoms with E-state index in [4.69, 9.17) is 16.3 Å². The number of amides is 1. The Hall–Kier alpha value is -2.27. The van der Waals surface area contributed by atoms with Crippen molar-refractivity contribution in [2.75, 3.05) is 13.1 Å². The van der Waals surface area contributed by atoms with Gasteiger partial charge in [0, 0.05) is 19.0 Å². The molecule has 0 fully saturated rings. The molecule has 1 aliphatic heterocycles. The molecule has 0 saturated heterocycles. The number of carboxylic acid groups (broad SMARTS) is 1. The number of benzene rings is 1. The summed E-state index contributed by atoms with van der Waals surface area (Å²) in [5, 5.41) is 9.87. The van der Waals surface area contributed by atoms with Gasteiger partial charge in [0.25, 0.3) is 0 Å². The summed E-state index contributed by atoms with van der Waals surface area (Å²) >= 11 is 5.81. The third-order valence-corrected chi connectivity index (χ3v) is 4.83. The molecular weight excluding hydrogens is 352 g/mol. The maximum Gasteiger partial charge on any atom is 0.407 e. The Morgan fingerprint density at radius 2 is 2.12 bits per heavy atom. The Labute approximate surface area is 158 Å². The average Bonchev–Trinajstić information content (AvgIpc) is 2.76. The molecule has 2 aromatic rings.